The van der Waals surface area contributed by atoms with Crippen LogP contribution in [0.25, 0.3) is 0 Å². The Morgan fingerprint density at radius 2 is 2.11 bits per heavy atom. The number of pyridine rings is 1. The van der Waals surface area contributed by atoms with Gasteiger partial charge in [-0.1, -0.05) is 11.6 Å². The SMILES string of the molecule is Cc1ccc(C(=O)Cc2c(Cl)c(C)nn2C)cn1. The largest absolute Gasteiger partial charge is 0.294 e. The van der Waals surface area contributed by atoms with Crippen molar-refractivity contribution in [2.24, 2.45) is 7.05 Å². The van der Waals surface area contributed by atoms with Gasteiger partial charge in [0.1, 0.15) is 0 Å². The van der Waals surface area contributed by atoms with E-state index in [-0.39, 0.29) is 12.2 Å². The summed E-state index contributed by atoms with van der Waals surface area (Å²) in [5, 5.41) is 4.75. The molecule has 0 saturated heterocycles. The molecule has 0 unspecified atom stereocenters. The van der Waals surface area contributed by atoms with Gasteiger partial charge >= 0.3 is 0 Å². The van der Waals surface area contributed by atoms with Crippen LogP contribution < -0.4 is 0 Å². The molecule has 2 aromatic rings. The van der Waals surface area contributed by atoms with E-state index in [1.165, 1.54) is 0 Å². The molecule has 4 nitrogen and oxygen atoms in total. The van der Waals surface area contributed by atoms with E-state index in [9.17, 15) is 4.79 Å². The van der Waals surface area contributed by atoms with Gasteiger partial charge in [-0.3, -0.25) is 14.5 Å². The van der Waals surface area contributed by atoms with Crippen molar-refractivity contribution in [3.8, 4) is 0 Å². The van der Waals surface area contributed by atoms with Crippen molar-refractivity contribution in [2.75, 3.05) is 0 Å². The van der Waals surface area contributed by atoms with E-state index >= 15 is 0 Å². The third-order valence-corrected chi connectivity index (χ3v) is 3.31. The number of rotatable bonds is 3. The molecule has 94 valence electrons. The summed E-state index contributed by atoms with van der Waals surface area (Å²) < 4.78 is 1.65. The molecule has 0 spiro atoms. The van der Waals surface area contributed by atoms with Gasteiger partial charge in [0.15, 0.2) is 5.78 Å². The summed E-state index contributed by atoms with van der Waals surface area (Å²) in [5.41, 5.74) is 2.96. The molecule has 2 heterocycles. The highest BCUT2D eigenvalue weighted by molar-refractivity contribution is 6.32. The minimum absolute atomic E-state index is 0.00704. The first kappa shape index (κ1) is 12.8. The van der Waals surface area contributed by atoms with Crippen LogP contribution in [0, 0.1) is 13.8 Å². The lowest BCUT2D eigenvalue weighted by atomic mass is 10.1. The van der Waals surface area contributed by atoms with Crippen LogP contribution in [0.4, 0.5) is 0 Å². The van der Waals surface area contributed by atoms with E-state index in [2.05, 4.69) is 10.1 Å². The Morgan fingerprint density at radius 1 is 1.39 bits per heavy atom. The Kier molecular flexibility index (Phi) is 3.48. The zero-order chi connectivity index (χ0) is 13.3. The first-order valence-electron chi connectivity index (χ1n) is 5.63. The second kappa shape index (κ2) is 4.90. The fourth-order valence-corrected chi connectivity index (χ4v) is 1.99. The molecule has 0 aliphatic rings. The first-order valence-corrected chi connectivity index (χ1v) is 6.00. The maximum absolute atomic E-state index is 12.1. The van der Waals surface area contributed by atoms with Crippen molar-refractivity contribution in [2.45, 2.75) is 20.3 Å². The number of halogens is 1. The smallest absolute Gasteiger partial charge is 0.170 e. The van der Waals surface area contributed by atoms with Gasteiger partial charge in [-0.25, -0.2) is 0 Å². The van der Waals surface area contributed by atoms with Gasteiger partial charge in [0.05, 0.1) is 22.8 Å². The van der Waals surface area contributed by atoms with Crippen LogP contribution in [0.3, 0.4) is 0 Å². The van der Waals surface area contributed by atoms with Crippen LogP contribution in [-0.4, -0.2) is 20.5 Å². The third kappa shape index (κ3) is 2.43. The average Bonchev–Trinajstić information content (AvgIpc) is 2.57. The fourth-order valence-electron chi connectivity index (χ4n) is 1.76. The van der Waals surface area contributed by atoms with Crippen LogP contribution in [0.5, 0.6) is 0 Å². The number of hydrogen-bond donors (Lipinski definition) is 0. The minimum atomic E-state index is -0.00704. The van der Waals surface area contributed by atoms with Crippen LogP contribution >= 0.6 is 11.6 Å². The number of ketones is 1. The minimum Gasteiger partial charge on any atom is -0.294 e. The molecule has 2 rings (SSSR count). The van der Waals surface area contributed by atoms with Crippen LogP contribution in [0.15, 0.2) is 18.3 Å². The van der Waals surface area contributed by atoms with E-state index in [0.717, 1.165) is 17.1 Å². The lowest BCUT2D eigenvalue weighted by molar-refractivity contribution is 0.0990. The summed E-state index contributed by atoms with van der Waals surface area (Å²) in [7, 11) is 1.79. The monoisotopic (exact) mass is 263 g/mol. The summed E-state index contributed by atoms with van der Waals surface area (Å²) in [6, 6.07) is 3.60. The lowest BCUT2D eigenvalue weighted by Crippen LogP contribution is -2.08. The molecule has 18 heavy (non-hydrogen) atoms. The van der Waals surface area contributed by atoms with Crippen molar-refractivity contribution < 1.29 is 4.79 Å². The van der Waals surface area contributed by atoms with E-state index in [0.29, 0.717) is 10.6 Å². The van der Waals surface area contributed by atoms with Crippen molar-refractivity contribution in [1.82, 2.24) is 14.8 Å². The lowest BCUT2D eigenvalue weighted by Gasteiger charge is -2.03. The number of aromatic nitrogens is 3. The highest BCUT2D eigenvalue weighted by Gasteiger charge is 2.16. The molecule has 0 radical (unpaired) electrons. The molecule has 0 saturated carbocycles. The zero-order valence-electron chi connectivity index (χ0n) is 10.6. The second-order valence-electron chi connectivity index (χ2n) is 4.26. The molecule has 0 aromatic carbocycles. The number of carbonyl (C=O) groups is 1. The Hall–Kier alpha value is -1.68. The number of hydrogen-bond acceptors (Lipinski definition) is 3. The van der Waals surface area contributed by atoms with Crippen molar-refractivity contribution in [3.05, 3.63) is 46.0 Å². The molecule has 5 heteroatoms. The maximum atomic E-state index is 12.1. The molecule has 2 aromatic heterocycles. The van der Waals surface area contributed by atoms with Crippen molar-refractivity contribution >= 4 is 17.4 Å². The van der Waals surface area contributed by atoms with Crippen molar-refractivity contribution in [3.63, 3.8) is 0 Å². The van der Waals surface area contributed by atoms with E-state index in [1.807, 2.05) is 19.9 Å². The number of nitrogens with zero attached hydrogens (tertiary/aromatic N) is 3. The Labute approximate surface area is 111 Å². The summed E-state index contributed by atoms with van der Waals surface area (Å²) in [6.45, 7) is 3.71. The van der Waals surface area contributed by atoms with Crippen LogP contribution in [0.1, 0.15) is 27.4 Å². The Bertz CT molecular complexity index is 587. The van der Waals surface area contributed by atoms with Crippen LogP contribution in [0.2, 0.25) is 5.02 Å². The van der Waals surface area contributed by atoms with Gasteiger partial charge in [0, 0.05) is 24.5 Å². The fraction of sp³-hybridized carbons (Fsp3) is 0.308. The third-order valence-electron chi connectivity index (χ3n) is 2.82. The van der Waals surface area contributed by atoms with E-state index < -0.39 is 0 Å². The summed E-state index contributed by atoms with van der Waals surface area (Å²) in [5.74, 6) is -0.00704. The van der Waals surface area contributed by atoms with Gasteiger partial charge < -0.3 is 0 Å². The highest BCUT2D eigenvalue weighted by Crippen LogP contribution is 2.20. The molecule has 0 aliphatic heterocycles. The van der Waals surface area contributed by atoms with E-state index in [1.54, 1.807) is 24.0 Å². The zero-order valence-corrected chi connectivity index (χ0v) is 11.3. The van der Waals surface area contributed by atoms with Gasteiger partial charge in [-0.2, -0.15) is 5.10 Å². The quantitative estimate of drug-likeness (QED) is 0.800. The standard InChI is InChI=1S/C13H14ClN3O/c1-8-4-5-10(7-15-8)12(18)6-11-13(14)9(2)16-17(11)3/h4-5,7H,6H2,1-3H3. The summed E-state index contributed by atoms with van der Waals surface area (Å²) in [4.78, 5) is 16.2. The second-order valence-corrected chi connectivity index (χ2v) is 4.64. The molecule has 0 aliphatic carbocycles. The first-order chi connectivity index (χ1) is 8.49. The molecular weight excluding hydrogens is 250 g/mol. The summed E-state index contributed by atoms with van der Waals surface area (Å²) >= 11 is 6.12. The highest BCUT2D eigenvalue weighted by atomic mass is 35.5. The maximum Gasteiger partial charge on any atom is 0.170 e. The number of Topliss-reactive ketones (excluding diaryl/α,β-unsaturated/α-hetero) is 1. The number of aryl methyl sites for hydroxylation is 3. The molecule has 0 atom stereocenters. The van der Waals surface area contributed by atoms with E-state index in [4.69, 9.17) is 11.6 Å². The number of carbonyl (C=O) groups excluding carboxylic acids is 1. The average molecular weight is 264 g/mol. The summed E-state index contributed by atoms with van der Waals surface area (Å²) in [6.07, 6.45) is 1.83. The predicted molar refractivity (Wildman–Crippen MR) is 70.0 cm³/mol. The van der Waals surface area contributed by atoms with Gasteiger partial charge in [0.2, 0.25) is 0 Å². The molecule has 0 N–H and O–H groups in total. The Balaban J connectivity index is 2.24. The molecule has 0 bridgehead atoms. The van der Waals surface area contributed by atoms with Gasteiger partial charge in [0.25, 0.3) is 0 Å². The molecule has 0 fully saturated rings. The normalized spacial score (nSPS) is 10.7. The Morgan fingerprint density at radius 3 is 2.61 bits per heavy atom. The van der Waals surface area contributed by atoms with Gasteiger partial charge in [-0.05, 0) is 26.0 Å². The van der Waals surface area contributed by atoms with Gasteiger partial charge in [-0.15, -0.1) is 0 Å². The molecular formula is C13H14ClN3O. The topological polar surface area (TPSA) is 47.8 Å². The van der Waals surface area contributed by atoms with Crippen molar-refractivity contribution in [1.29, 1.82) is 0 Å². The molecule has 0 amide bonds. The van der Waals surface area contributed by atoms with Crippen LogP contribution in [-0.2, 0) is 13.5 Å². The predicted octanol–water partition coefficient (Wildman–Crippen LogP) is 2.51.